The van der Waals surface area contributed by atoms with Crippen molar-refractivity contribution in [3.05, 3.63) is 130 Å². The highest BCUT2D eigenvalue weighted by molar-refractivity contribution is 8.00. The molecule has 56 heavy (non-hydrogen) atoms. The quantitative estimate of drug-likeness (QED) is 0.131. The van der Waals surface area contributed by atoms with Gasteiger partial charge in [-0.05, 0) is 80.4 Å². The molecule has 0 aliphatic carbocycles. The minimum absolute atomic E-state index is 0.0148. The standard InChI is InChI=1S/C43H46Cl2N2O8S/c1-41(2,3)55-36(48)24-51-34-21-11-29(12-22-34)37(46-33-19-17-32(45)18-20-33)38(39(49)47-35(23-52-40(47)50)28-9-7-6-8-10-28)56-27-43(30-13-15-31(44)16-14-30)53-25-42(4,5)26-54-43/h6-22,35,37-38,46H,23-27H2,1-5H3. The number of thioether (sulfide) groups is 1. The highest BCUT2D eigenvalue weighted by Gasteiger charge is 2.48. The first kappa shape index (κ1) is 41.4. The lowest BCUT2D eigenvalue weighted by Crippen LogP contribution is -2.49. The smallest absolute Gasteiger partial charge is 0.417 e. The highest BCUT2D eigenvalue weighted by Crippen LogP contribution is 2.44. The number of nitrogens with one attached hydrogen (secondary N) is 1. The lowest BCUT2D eigenvalue weighted by Gasteiger charge is -2.44. The zero-order valence-electron chi connectivity index (χ0n) is 32.0. The largest absolute Gasteiger partial charge is 0.482 e. The van der Waals surface area contributed by atoms with E-state index in [9.17, 15) is 9.59 Å². The molecular weight excluding hydrogens is 775 g/mol. The highest BCUT2D eigenvalue weighted by atomic mass is 35.5. The van der Waals surface area contributed by atoms with Crippen molar-refractivity contribution in [2.45, 2.75) is 63.3 Å². The van der Waals surface area contributed by atoms with E-state index in [0.29, 0.717) is 40.3 Å². The number of esters is 1. The fourth-order valence-electron chi connectivity index (χ4n) is 6.32. The summed E-state index contributed by atoms with van der Waals surface area (Å²) in [6.45, 7) is 10.0. The Labute approximate surface area is 342 Å². The third-order valence-electron chi connectivity index (χ3n) is 9.15. The van der Waals surface area contributed by atoms with Crippen LogP contribution in [-0.4, -0.2) is 65.9 Å². The van der Waals surface area contributed by atoms with Gasteiger partial charge in [-0.3, -0.25) is 4.79 Å². The number of benzene rings is 4. The van der Waals surface area contributed by atoms with Crippen LogP contribution in [0, 0.1) is 5.41 Å². The number of imide groups is 1. The second kappa shape index (κ2) is 17.5. The Bertz CT molecular complexity index is 1960. The maximum Gasteiger partial charge on any atom is 0.417 e. The maximum atomic E-state index is 15.2. The SMILES string of the molecule is CC1(C)COC(CSC(C(=O)N2C(=O)OCC2c2ccccc2)C(Nc2ccc(Cl)cc2)c2ccc(OCC(=O)OC(C)(C)C)cc2)(c2ccc(Cl)cc2)OC1. The van der Waals surface area contributed by atoms with E-state index in [4.69, 9.17) is 46.9 Å². The molecule has 6 rings (SSSR count). The van der Waals surface area contributed by atoms with Gasteiger partial charge in [0.15, 0.2) is 6.61 Å². The Balaban J connectivity index is 1.39. The lowest BCUT2D eigenvalue weighted by atomic mass is 9.93. The maximum absolute atomic E-state index is 15.2. The van der Waals surface area contributed by atoms with Crippen LogP contribution in [0.4, 0.5) is 10.5 Å². The summed E-state index contributed by atoms with van der Waals surface area (Å²) in [7, 11) is 0. The minimum Gasteiger partial charge on any atom is -0.482 e. The van der Waals surface area contributed by atoms with Crippen LogP contribution >= 0.6 is 35.0 Å². The summed E-state index contributed by atoms with van der Waals surface area (Å²) in [6.07, 6.45) is -0.732. The molecule has 2 heterocycles. The van der Waals surface area contributed by atoms with Gasteiger partial charge >= 0.3 is 12.1 Å². The molecule has 13 heteroatoms. The van der Waals surface area contributed by atoms with E-state index >= 15 is 4.79 Å². The fourth-order valence-corrected chi connectivity index (χ4v) is 7.98. The summed E-state index contributed by atoms with van der Waals surface area (Å²) in [4.78, 5) is 42.3. The second-order valence-corrected chi connectivity index (χ2v) is 17.5. The Kier molecular flexibility index (Phi) is 12.9. The monoisotopic (exact) mass is 820 g/mol. The number of ether oxygens (including phenoxy) is 5. The molecular formula is C43H46Cl2N2O8S. The lowest BCUT2D eigenvalue weighted by molar-refractivity contribution is -0.295. The molecule has 0 radical (unpaired) electrons. The molecule has 0 bridgehead atoms. The van der Waals surface area contributed by atoms with Crippen LogP contribution in [0.25, 0.3) is 0 Å². The third kappa shape index (κ3) is 10.4. The average Bonchev–Trinajstić information content (AvgIpc) is 3.56. The molecule has 2 fully saturated rings. The minimum atomic E-state index is -1.24. The first-order valence-electron chi connectivity index (χ1n) is 18.3. The van der Waals surface area contributed by atoms with Gasteiger partial charge in [-0.2, -0.15) is 0 Å². The summed E-state index contributed by atoms with van der Waals surface area (Å²) < 4.78 is 29.9. The van der Waals surface area contributed by atoms with Gasteiger partial charge in [0.2, 0.25) is 11.7 Å². The van der Waals surface area contributed by atoms with Crippen LogP contribution in [0.15, 0.2) is 103 Å². The van der Waals surface area contributed by atoms with Gasteiger partial charge in [0.25, 0.3) is 0 Å². The van der Waals surface area contributed by atoms with Gasteiger partial charge in [-0.1, -0.05) is 91.6 Å². The van der Waals surface area contributed by atoms with Gasteiger partial charge < -0.3 is 29.0 Å². The molecule has 2 aliphatic rings. The van der Waals surface area contributed by atoms with Crippen molar-refractivity contribution in [3.8, 4) is 5.75 Å². The van der Waals surface area contributed by atoms with E-state index in [1.165, 1.54) is 16.7 Å². The van der Waals surface area contributed by atoms with Crippen molar-refractivity contribution < 1.29 is 38.1 Å². The van der Waals surface area contributed by atoms with Gasteiger partial charge in [-0.15, -0.1) is 11.8 Å². The molecule has 4 aromatic carbocycles. The Morgan fingerprint density at radius 1 is 0.893 bits per heavy atom. The first-order chi connectivity index (χ1) is 26.6. The zero-order chi connectivity index (χ0) is 40.1. The summed E-state index contributed by atoms with van der Waals surface area (Å²) in [5, 5.41) is 3.71. The first-order valence-corrected chi connectivity index (χ1v) is 20.1. The predicted octanol–water partition coefficient (Wildman–Crippen LogP) is 9.61. The summed E-state index contributed by atoms with van der Waals surface area (Å²) in [5.74, 6) is -1.60. The van der Waals surface area contributed by atoms with E-state index in [0.717, 1.165) is 11.1 Å². The molecule has 4 aromatic rings. The van der Waals surface area contributed by atoms with Crippen LogP contribution in [0.2, 0.25) is 10.0 Å². The van der Waals surface area contributed by atoms with E-state index in [-0.39, 0.29) is 24.4 Å². The number of rotatable bonds is 13. The summed E-state index contributed by atoms with van der Waals surface area (Å²) in [5.41, 5.74) is 2.00. The van der Waals surface area contributed by atoms with Gasteiger partial charge in [-0.25, -0.2) is 14.5 Å². The van der Waals surface area contributed by atoms with Crippen LogP contribution in [0.3, 0.4) is 0 Å². The van der Waals surface area contributed by atoms with Crippen LogP contribution in [0.5, 0.6) is 5.75 Å². The number of cyclic esters (lactones) is 1. The van der Waals surface area contributed by atoms with Crippen LogP contribution in [-0.2, 0) is 34.3 Å². The molecule has 3 unspecified atom stereocenters. The predicted molar refractivity (Wildman–Crippen MR) is 218 cm³/mol. The molecule has 0 saturated carbocycles. The van der Waals surface area contributed by atoms with Crippen LogP contribution < -0.4 is 10.1 Å². The molecule has 2 aliphatic heterocycles. The van der Waals surface area contributed by atoms with E-state index in [2.05, 4.69) is 19.2 Å². The number of hydrogen-bond acceptors (Lipinski definition) is 10. The number of carbonyl (C=O) groups excluding carboxylic acids is 3. The van der Waals surface area contributed by atoms with Gasteiger partial charge in [0.1, 0.15) is 29.2 Å². The van der Waals surface area contributed by atoms with E-state index < -0.39 is 46.7 Å². The summed E-state index contributed by atoms with van der Waals surface area (Å²) >= 11 is 13.9. The molecule has 0 aromatic heterocycles. The molecule has 10 nitrogen and oxygen atoms in total. The molecule has 296 valence electrons. The molecule has 0 spiro atoms. The van der Waals surface area contributed by atoms with E-state index in [1.807, 2.05) is 66.7 Å². The Hall–Kier alpha value is -4.26. The number of halogens is 2. The number of amides is 2. The number of anilines is 1. The molecule has 3 atom stereocenters. The van der Waals surface area contributed by atoms with Crippen molar-refractivity contribution in [2.75, 3.05) is 37.5 Å². The second-order valence-electron chi connectivity index (χ2n) is 15.5. The van der Waals surface area contributed by atoms with Crippen molar-refractivity contribution in [1.82, 2.24) is 4.90 Å². The molecule has 1 N–H and O–H groups in total. The summed E-state index contributed by atoms with van der Waals surface area (Å²) in [6, 6.07) is 29.5. The fraction of sp³-hybridized carbons (Fsp3) is 0.372. The van der Waals surface area contributed by atoms with Crippen molar-refractivity contribution in [2.24, 2.45) is 5.41 Å². The van der Waals surface area contributed by atoms with Crippen molar-refractivity contribution in [1.29, 1.82) is 0 Å². The van der Waals surface area contributed by atoms with Crippen molar-refractivity contribution >= 4 is 58.6 Å². The van der Waals surface area contributed by atoms with Gasteiger partial charge in [0.05, 0.1) is 25.0 Å². The number of carbonyl (C=O) groups is 3. The average molecular weight is 822 g/mol. The van der Waals surface area contributed by atoms with Crippen molar-refractivity contribution in [3.63, 3.8) is 0 Å². The molecule has 2 saturated heterocycles. The Morgan fingerprint density at radius 3 is 2.11 bits per heavy atom. The Morgan fingerprint density at radius 2 is 1.50 bits per heavy atom. The van der Waals surface area contributed by atoms with Crippen LogP contribution in [0.1, 0.15) is 63.4 Å². The third-order valence-corrected chi connectivity index (χ3v) is 11.0. The number of nitrogens with zero attached hydrogens (tertiary/aromatic N) is 1. The topological polar surface area (TPSA) is 113 Å². The number of hydrogen-bond donors (Lipinski definition) is 1. The van der Waals surface area contributed by atoms with E-state index in [1.54, 1.807) is 57.2 Å². The molecule has 2 amide bonds. The van der Waals surface area contributed by atoms with Gasteiger partial charge in [0, 0.05) is 26.7 Å². The normalized spacial score (nSPS) is 18.7. The zero-order valence-corrected chi connectivity index (χ0v) is 34.3.